The molecule has 4 atom stereocenters. The highest BCUT2D eigenvalue weighted by Gasteiger charge is 2.35. The van der Waals surface area contributed by atoms with Gasteiger partial charge in [0.15, 0.2) is 0 Å². The predicted octanol–water partition coefficient (Wildman–Crippen LogP) is 1.44. The molecule has 1 saturated heterocycles. The van der Waals surface area contributed by atoms with Gasteiger partial charge in [0.2, 0.25) is 0 Å². The Bertz CT molecular complexity index is 307. The maximum Gasteiger partial charge on any atom is 0.308 e. The molecule has 0 aromatic carbocycles. The first-order valence-electron chi connectivity index (χ1n) is 5.83. The summed E-state index contributed by atoms with van der Waals surface area (Å²) in [5, 5.41) is 9.92. The van der Waals surface area contributed by atoms with Crippen LogP contribution >= 0.6 is 0 Å². The van der Waals surface area contributed by atoms with Gasteiger partial charge in [-0.1, -0.05) is 13.5 Å². The number of carbonyl (C=O) groups is 1. The largest absolute Gasteiger partial charge is 0.469 e. The van der Waals surface area contributed by atoms with E-state index >= 15 is 0 Å². The van der Waals surface area contributed by atoms with Crippen molar-refractivity contribution >= 4 is 5.97 Å². The van der Waals surface area contributed by atoms with E-state index in [9.17, 15) is 9.90 Å². The Kier molecular flexibility index (Phi) is 5.42. The Labute approximate surface area is 102 Å². The van der Waals surface area contributed by atoms with E-state index in [1.165, 1.54) is 7.11 Å². The van der Waals surface area contributed by atoms with Crippen molar-refractivity contribution in [2.24, 2.45) is 5.92 Å². The van der Waals surface area contributed by atoms with Crippen molar-refractivity contribution in [3.8, 4) is 0 Å². The van der Waals surface area contributed by atoms with Crippen LogP contribution in [-0.2, 0) is 14.3 Å². The zero-order valence-electron chi connectivity index (χ0n) is 10.4. The van der Waals surface area contributed by atoms with E-state index in [0.29, 0.717) is 12.8 Å². The molecule has 0 aromatic rings. The minimum atomic E-state index is -0.443. The lowest BCUT2D eigenvalue weighted by atomic mass is 9.88. The highest BCUT2D eigenvalue weighted by molar-refractivity contribution is 5.69. The van der Waals surface area contributed by atoms with Crippen LogP contribution in [0, 0.1) is 5.92 Å². The van der Waals surface area contributed by atoms with Crippen LogP contribution in [0.4, 0.5) is 0 Å². The van der Waals surface area contributed by atoms with Crippen molar-refractivity contribution in [1.82, 2.24) is 0 Å². The lowest BCUT2D eigenvalue weighted by Crippen LogP contribution is -2.43. The van der Waals surface area contributed by atoms with Crippen LogP contribution in [0.5, 0.6) is 0 Å². The summed E-state index contributed by atoms with van der Waals surface area (Å²) in [6, 6.07) is 0. The number of aliphatic hydroxyl groups is 1. The molecule has 17 heavy (non-hydrogen) atoms. The second kappa shape index (κ2) is 6.60. The number of hydrogen-bond donors (Lipinski definition) is 1. The predicted molar refractivity (Wildman–Crippen MR) is 63.4 cm³/mol. The molecule has 0 aromatic heterocycles. The van der Waals surface area contributed by atoms with Crippen LogP contribution in [0.15, 0.2) is 18.4 Å². The van der Waals surface area contributed by atoms with E-state index in [-0.39, 0.29) is 30.5 Å². The van der Waals surface area contributed by atoms with Crippen LogP contribution in [0.25, 0.3) is 0 Å². The fourth-order valence-electron chi connectivity index (χ4n) is 2.01. The smallest absolute Gasteiger partial charge is 0.308 e. The highest BCUT2D eigenvalue weighted by atomic mass is 16.5. The van der Waals surface area contributed by atoms with Gasteiger partial charge in [-0.05, 0) is 12.5 Å². The average molecular weight is 240 g/mol. The summed E-state index contributed by atoms with van der Waals surface area (Å²) in [5.74, 6) is -0.368. The number of carbonyl (C=O) groups excluding carboxylic acids is 1. The normalized spacial score (nSPS) is 32.6. The minimum Gasteiger partial charge on any atom is -0.469 e. The van der Waals surface area contributed by atoms with Gasteiger partial charge in [-0.15, -0.1) is 5.73 Å². The summed E-state index contributed by atoms with van der Waals surface area (Å²) < 4.78 is 10.4. The van der Waals surface area contributed by atoms with Gasteiger partial charge in [-0.3, -0.25) is 4.79 Å². The third kappa shape index (κ3) is 4.00. The summed E-state index contributed by atoms with van der Waals surface area (Å²) in [6.45, 7) is 5.37. The van der Waals surface area contributed by atoms with E-state index in [1.54, 1.807) is 6.08 Å². The first-order valence-corrected chi connectivity index (χ1v) is 5.83. The van der Waals surface area contributed by atoms with Crippen molar-refractivity contribution in [2.45, 2.75) is 44.5 Å². The molecule has 0 bridgehead atoms. The first-order chi connectivity index (χ1) is 8.08. The van der Waals surface area contributed by atoms with E-state index < -0.39 is 6.10 Å². The summed E-state index contributed by atoms with van der Waals surface area (Å²) in [7, 11) is 1.35. The first kappa shape index (κ1) is 14.0. The lowest BCUT2D eigenvalue weighted by Gasteiger charge is -2.37. The number of aliphatic hydroxyl groups excluding tert-OH is 1. The standard InChI is InChI=1S/C13H20O4/c1-4-5-6-10-7-11(14)9(2)12(17-10)8-13(15)16-3/h5,9-12,14H,1,6-8H2,2-3H3/t9-,10-,11+,12+/m1/s1. The molecule has 0 spiro atoms. The molecule has 0 amide bonds. The highest BCUT2D eigenvalue weighted by Crippen LogP contribution is 2.29. The van der Waals surface area contributed by atoms with E-state index in [2.05, 4.69) is 17.0 Å². The molecule has 0 aliphatic carbocycles. The van der Waals surface area contributed by atoms with E-state index in [4.69, 9.17) is 4.74 Å². The topological polar surface area (TPSA) is 55.8 Å². The summed E-state index contributed by atoms with van der Waals surface area (Å²) in [6.07, 6.45) is 2.40. The lowest BCUT2D eigenvalue weighted by molar-refractivity contribution is -0.158. The third-order valence-corrected chi connectivity index (χ3v) is 3.19. The number of methoxy groups -OCH3 is 1. The molecule has 96 valence electrons. The van der Waals surface area contributed by atoms with Gasteiger partial charge in [0.1, 0.15) is 0 Å². The molecule has 0 unspecified atom stereocenters. The van der Waals surface area contributed by atoms with E-state index in [0.717, 1.165) is 0 Å². The second-order valence-corrected chi connectivity index (χ2v) is 4.38. The minimum absolute atomic E-state index is 0.0574. The molecule has 1 rings (SSSR count). The molecule has 1 fully saturated rings. The molecule has 0 saturated carbocycles. The second-order valence-electron chi connectivity index (χ2n) is 4.38. The van der Waals surface area contributed by atoms with Crippen molar-refractivity contribution < 1.29 is 19.4 Å². The van der Waals surface area contributed by atoms with Gasteiger partial charge in [-0.2, -0.15) is 0 Å². The third-order valence-electron chi connectivity index (χ3n) is 3.19. The molecule has 1 aliphatic rings. The van der Waals surface area contributed by atoms with Gasteiger partial charge >= 0.3 is 5.97 Å². The number of esters is 1. The van der Waals surface area contributed by atoms with Crippen LogP contribution in [0.2, 0.25) is 0 Å². The van der Waals surface area contributed by atoms with Gasteiger partial charge in [0, 0.05) is 12.3 Å². The number of hydrogen-bond acceptors (Lipinski definition) is 4. The van der Waals surface area contributed by atoms with Crippen LogP contribution < -0.4 is 0 Å². The molecule has 4 nitrogen and oxygen atoms in total. The Morgan fingerprint density at radius 2 is 2.41 bits per heavy atom. The fraction of sp³-hybridized carbons (Fsp3) is 0.692. The molecule has 0 radical (unpaired) electrons. The van der Waals surface area contributed by atoms with Crippen LogP contribution in [-0.4, -0.2) is 36.5 Å². The van der Waals surface area contributed by atoms with Crippen molar-refractivity contribution in [3.63, 3.8) is 0 Å². The average Bonchev–Trinajstić information content (AvgIpc) is 2.32. The van der Waals surface area contributed by atoms with Crippen LogP contribution in [0.3, 0.4) is 0 Å². The Hall–Kier alpha value is -1.09. The number of ether oxygens (including phenoxy) is 2. The zero-order valence-corrected chi connectivity index (χ0v) is 10.4. The van der Waals surface area contributed by atoms with Crippen LogP contribution in [0.1, 0.15) is 26.2 Å². The van der Waals surface area contributed by atoms with Gasteiger partial charge in [-0.25, -0.2) is 0 Å². The van der Waals surface area contributed by atoms with Crippen molar-refractivity contribution in [1.29, 1.82) is 0 Å². The molecule has 4 heteroatoms. The maximum absolute atomic E-state index is 11.2. The fourth-order valence-corrected chi connectivity index (χ4v) is 2.01. The van der Waals surface area contributed by atoms with E-state index in [1.807, 2.05) is 6.92 Å². The van der Waals surface area contributed by atoms with Crippen molar-refractivity contribution in [3.05, 3.63) is 18.4 Å². The summed E-state index contributed by atoms with van der Waals surface area (Å²) in [5.41, 5.74) is 2.68. The molecule has 1 aliphatic heterocycles. The van der Waals surface area contributed by atoms with Gasteiger partial charge < -0.3 is 14.6 Å². The Balaban J connectivity index is 2.60. The van der Waals surface area contributed by atoms with Crippen molar-refractivity contribution in [2.75, 3.05) is 7.11 Å². The van der Waals surface area contributed by atoms with Gasteiger partial charge in [0.25, 0.3) is 0 Å². The monoisotopic (exact) mass is 240 g/mol. The SMILES string of the molecule is C=C=CC[C@@H]1C[C@H](O)[C@@H](C)[C@H](CC(=O)OC)O1. The van der Waals surface area contributed by atoms with Gasteiger partial charge in [0.05, 0.1) is 31.8 Å². The number of rotatable bonds is 4. The maximum atomic E-state index is 11.2. The molecule has 1 heterocycles. The molecule has 1 N–H and O–H groups in total. The Morgan fingerprint density at radius 1 is 1.71 bits per heavy atom. The molecular formula is C13H20O4. The Morgan fingerprint density at radius 3 is 3.00 bits per heavy atom. The zero-order chi connectivity index (χ0) is 12.8. The summed E-state index contributed by atoms with van der Waals surface area (Å²) >= 11 is 0. The quantitative estimate of drug-likeness (QED) is 0.596. The molecular weight excluding hydrogens is 220 g/mol. The summed E-state index contributed by atoms with van der Waals surface area (Å²) in [4.78, 5) is 11.2.